The highest BCUT2D eigenvalue weighted by atomic mass is 16.3. The zero-order chi connectivity index (χ0) is 16.3. The number of H-pyrrole nitrogens is 1. The van der Waals surface area contributed by atoms with Crippen molar-refractivity contribution < 1.29 is 5.11 Å². The van der Waals surface area contributed by atoms with E-state index in [2.05, 4.69) is 48.1 Å². The second-order valence-electron chi connectivity index (χ2n) is 6.18. The number of imidazole rings is 1. The predicted molar refractivity (Wildman–Crippen MR) is 92.3 cm³/mol. The van der Waals surface area contributed by atoms with Crippen LogP contribution in [0.5, 0.6) is 0 Å². The van der Waals surface area contributed by atoms with Crippen molar-refractivity contribution in [3.63, 3.8) is 0 Å². The molecule has 0 unspecified atom stereocenters. The van der Waals surface area contributed by atoms with Gasteiger partial charge in [-0.3, -0.25) is 0 Å². The highest BCUT2D eigenvalue weighted by Gasteiger charge is 2.31. The molecule has 3 heteroatoms. The molecule has 0 fully saturated rings. The summed E-state index contributed by atoms with van der Waals surface area (Å²) >= 11 is 0. The second kappa shape index (κ2) is 6.39. The Labute approximate surface area is 137 Å². The fourth-order valence-electron chi connectivity index (χ4n) is 3.00. The summed E-state index contributed by atoms with van der Waals surface area (Å²) in [6, 6.07) is 16.2. The van der Waals surface area contributed by atoms with E-state index in [1.807, 2.05) is 30.5 Å². The molecule has 2 N–H and O–H groups in total. The normalized spacial score (nSPS) is 11.6. The van der Waals surface area contributed by atoms with Crippen molar-refractivity contribution >= 4 is 0 Å². The Morgan fingerprint density at radius 2 is 1.61 bits per heavy atom. The Morgan fingerprint density at radius 1 is 1.00 bits per heavy atom. The van der Waals surface area contributed by atoms with Gasteiger partial charge in [-0.2, -0.15) is 0 Å². The van der Waals surface area contributed by atoms with Gasteiger partial charge in [0.15, 0.2) is 0 Å². The fourth-order valence-corrected chi connectivity index (χ4v) is 3.00. The van der Waals surface area contributed by atoms with Gasteiger partial charge in [0.2, 0.25) is 0 Å². The number of aryl methyl sites for hydroxylation is 3. The monoisotopic (exact) mass is 306 g/mol. The molecule has 0 radical (unpaired) electrons. The van der Waals surface area contributed by atoms with Crippen LogP contribution in [0.15, 0.2) is 61.1 Å². The third-order valence-electron chi connectivity index (χ3n) is 4.30. The number of benzene rings is 2. The Kier molecular flexibility index (Phi) is 4.30. The average Bonchev–Trinajstić information content (AvgIpc) is 3.06. The molecule has 3 rings (SSSR count). The number of hydrogen-bond acceptors (Lipinski definition) is 2. The summed E-state index contributed by atoms with van der Waals surface area (Å²) in [6.45, 7) is 4.10. The number of hydrogen-bond donors (Lipinski definition) is 2. The van der Waals surface area contributed by atoms with Crippen LogP contribution in [-0.4, -0.2) is 15.1 Å². The molecule has 0 aliphatic heterocycles. The van der Waals surface area contributed by atoms with Crippen LogP contribution in [-0.2, 0) is 12.0 Å². The number of nitrogens with zero attached hydrogens (tertiary/aromatic N) is 1. The predicted octanol–water partition coefficient (Wildman–Crippen LogP) is 3.90. The van der Waals surface area contributed by atoms with E-state index in [1.165, 1.54) is 0 Å². The minimum atomic E-state index is -1.01. The van der Waals surface area contributed by atoms with E-state index in [0.717, 1.165) is 34.4 Å². The lowest BCUT2D eigenvalue weighted by atomic mass is 9.81. The Morgan fingerprint density at radius 3 is 2.09 bits per heavy atom. The number of rotatable bonds is 5. The maximum Gasteiger partial charge on any atom is 0.115 e. The molecule has 0 bridgehead atoms. The molecule has 0 aliphatic rings. The molecular weight excluding hydrogens is 284 g/mol. The molecule has 0 saturated carbocycles. The highest BCUT2D eigenvalue weighted by Crippen LogP contribution is 2.34. The standard InChI is InChI=1S/C20H22N2O/c1-15-5-3-7-17(11-15)20(23,10-9-19-13-21-14-22-19)18-8-4-6-16(2)12-18/h3-8,11-14,23H,9-10H2,1-2H3,(H,21,22). The van der Waals surface area contributed by atoms with Gasteiger partial charge in [-0.15, -0.1) is 0 Å². The minimum Gasteiger partial charge on any atom is -0.380 e. The van der Waals surface area contributed by atoms with Crippen LogP contribution in [0.4, 0.5) is 0 Å². The van der Waals surface area contributed by atoms with Crippen LogP contribution in [0.2, 0.25) is 0 Å². The van der Waals surface area contributed by atoms with Crippen molar-refractivity contribution in [2.75, 3.05) is 0 Å². The molecule has 3 nitrogen and oxygen atoms in total. The smallest absolute Gasteiger partial charge is 0.115 e. The van der Waals surface area contributed by atoms with Gasteiger partial charge < -0.3 is 10.1 Å². The summed E-state index contributed by atoms with van der Waals surface area (Å²) in [7, 11) is 0. The van der Waals surface area contributed by atoms with Crippen LogP contribution < -0.4 is 0 Å². The molecule has 0 saturated heterocycles. The van der Waals surface area contributed by atoms with Crippen LogP contribution in [0.1, 0.15) is 34.4 Å². The van der Waals surface area contributed by atoms with Crippen LogP contribution in [0.3, 0.4) is 0 Å². The second-order valence-corrected chi connectivity index (χ2v) is 6.18. The topological polar surface area (TPSA) is 48.9 Å². The number of aliphatic hydroxyl groups is 1. The molecule has 0 spiro atoms. The van der Waals surface area contributed by atoms with E-state index in [-0.39, 0.29) is 0 Å². The summed E-state index contributed by atoms with van der Waals surface area (Å²) in [6.07, 6.45) is 4.82. The third kappa shape index (κ3) is 3.35. The Balaban J connectivity index is 2.01. The van der Waals surface area contributed by atoms with Gasteiger partial charge in [-0.25, -0.2) is 4.98 Å². The first-order valence-corrected chi connectivity index (χ1v) is 7.92. The molecule has 1 aromatic heterocycles. The largest absolute Gasteiger partial charge is 0.380 e. The van der Waals surface area contributed by atoms with Crippen molar-refractivity contribution in [2.45, 2.75) is 32.3 Å². The zero-order valence-electron chi connectivity index (χ0n) is 13.6. The maximum atomic E-state index is 11.6. The lowest BCUT2D eigenvalue weighted by Gasteiger charge is -2.30. The number of aromatic nitrogens is 2. The molecule has 1 heterocycles. The lowest BCUT2D eigenvalue weighted by Crippen LogP contribution is -2.28. The van der Waals surface area contributed by atoms with Crippen molar-refractivity contribution in [1.82, 2.24) is 9.97 Å². The Bertz CT molecular complexity index is 732. The van der Waals surface area contributed by atoms with Gasteiger partial charge in [0.05, 0.1) is 6.33 Å². The summed E-state index contributed by atoms with van der Waals surface area (Å²) in [5.41, 5.74) is 4.18. The molecule has 3 aromatic rings. The first-order chi connectivity index (χ1) is 11.1. The first-order valence-electron chi connectivity index (χ1n) is 7.92. The lowest BCUT2D eigenvalue weighted by molar-refractivity contribution is 0.0709. The van der Waals surface area contributed by atoms with E-state index in [4.69, 9.17) is 0 Å². The van der Waals surface area contributed by atoms with Crippen LogP contribution in [0.25, 0.3) is 0 Å². The summed E-state index contributed by atoms with van der Waals surface area (Å²) in [5, 5.41) is 11.6. The molecular formula is C20H22N2O. The van der Waals surface area contributed by atoms with E-state index in [0.29, 0.717) is 6.42 Å². The quantitative estimate of drug-likeness (QED) is 0.751. The third-order valence-corrected chi connectivity index (χ3v) is 4.30. The first kappa shape index (κ1) is 15.5. The SMILES string of the molecule is Cc1cccc(C(O)(CCc2cnc[nH]2)c2cccc(C)c2)c1. The zero-order valence-corrected chi connectivity index (χ0v) is 13.6. The summed E-state index contributed by atoms with van der Waals surface area (Å²) < 4.78 is 0. The van der Waals surface area contributed by atoms with E-state index < -0.39 is 5.60 Å². The molecule has 23 heavy (non-hydrogen) atoms. The van der Waals surface area contributed by atoms with Gasteiger partial charge in [-0.1, -0.05) is 59.7 Å². The van der Waals surface area contributed by atoms with Gasteiger partial charge >= 0.3 is 0 Å². The summed E-state index contributed by atoms with van der Waals surface area (Å²) in [5.74, 6) is 0. The van der Waals surface area contributed by atoms with Gasteiger partial charge in [0, 0.05) is 11.9 Å². The Hall–Kier alpha value is -2.39. The molecule has 0 atom stereocenters. The van der Waals surface area contributed by atoms with E-state index >= 15 is 0 Å². The molecule has 2 aromatic carbocycles. The number of aromatic amines is 1. The van der Waals surface area contributed by atoms with Crippen molar-refractivity contribution in [2.24, 2.45) is 0 Å². The van der Waals surface area contributed by atoms with Crippen LogP contribution in [0, 0.1) is 13.8 Å². The minimum absolute atomic E-state index is 0.599. The summed E-state index contributed by atoms with van der Waals surface area (Å²) in [4.78, 5) is 7.17. The fraction of sp³-hybridized carbons (Fsp3) is 0.250. The number of nitrogens with one attached hydrogen (secondary N) is 1. The van der Waals surface area contributed by atoms with Crippen molar-refractivity contribution in [3.05, 3.63) is 89.0 Å². The maximum absolute atomic E-state index is 11.6. The van der Waals surface area contributed by atoms with Gasteiger partial charge in [0.25, 0.3) is 0 Å². The van der Waals surface area contributed by atoms with Gasteiger partial charge in [-0.05, 0) is 37.8 Å². The molecule has 0 amide bonds. The molecule has 0 aliphatic carbocycles. The van der Waals surface area contributed by atoms with E-state index in [9.17, 15) is 5.11 Å². The average molecular weight is 306 g/mol. The van der Waals surface area contributed by atoms with Gasteiger partial charge in [0.1, 0.15) is 5.60 Å². The van der Waals surface area contributed by atoms with E-state index in [1.54, 1.807) is 6.33 Å². The van der Waals surface area contributed by atoms with Crippen molar-refractivity contribution in [3.8, 4) is 0 Å². The van der Waals surface area contributed by atoms with Crippen LogP contribution >= 0.6 is 0 Å². The van der Waals surface area contributed by atoms with Crippen molar-refractivity contribution in [1.29, 1.82) is 0 Å². The highest BCUT2D eigenvalue weighted by molar-refractivity contribution is 5.39. The molecule has 118 valence electrons.